The maximum Gasteiger partial charge on any atom is 0.414 e. The zero-order valence-corrected chi connectivity index (χ0v) is 14.3. The maximum atomic E-state index is 14.6. The fourth-order valence-electron chi connectivity index (χ4n) is 3.73. The number of hydrogen-bond donors (Lipinski definition) is 2. The monoisotopic (exact) mass is 366 g/mol. The van der Waals surface area contributed by atoms with E-state index >= 15 is 0 Å². The summed E-state index contributed by atoms with van der Waals surface area (Å²) >= 11 is 0. The quantitative estimate of drug-likeness (QED) is 0.826. The topological polar surface area (TPSA) is 73.9 Å². The van der Waals surface area contributed by atoms with Crippen molar-refractivity contribution in [1.82, 2.24) is 10.6 Å². The third kappa shape index (κ3) is 2.86. The molecule has 3 aliphatic heterocycles. The predicted octanol–water partition coefficient (Wildman–Crippen LogP) is 0.836. The van der Waals surface area contributed by atoms with Gasteiger partial charge in [0.25, 0.3) is 0 Å². The Balaban J connectivity index is 1.48. The van der Waals surface area contributed by atoms with Gasteiger partial charge < -0.3 is 20.3 Å². The van der Waals surface area contributed by atoms with Crippen LogP contribution in [0, 0.1) is 17.0 Å². The van der Waals surface area contributed by atoms with Gasteiger partial charge in [-0.15, -0.1) is 0 Å². The second-order valence-corrected chi connectivity index (χ2v) is 7.27. The number of rotatable bonds is 4. The Kier molecular flexibility index (Phi) is 3.98. The van der Waals surface area contributed by atoms with E-state index < -0.39 is 23.8 Å². The van der Waals surface area contributed by atoms with Crippen LogP contribution in [0.4, 0.5) is 25.0 Å². The predicted molar refractivity (Wildman–Crippen MR) is 90.2 cm³/mol. The van der Waals surface area contributed by atoms with E-state index in [2.05, 4.69) is 10.6 Å². The van der Waals surface area contributed by atoms with E-state index in [0.717, 1.165) is 25.2 Å². The third-order valence-corrected chi connectivity index (χ3v) is 5.13. The second kappa shape index (κ2) is 6.08. The first-order valence-electron chi connectivity index (χ1n) is 8.54. The Labute approximate surface area is 149 Å². The van der Waals surface area contributed by atoms with Gasteiger partial charge in [-0.2, -0.15) is 0 Å². The van der Waals surface area contributed by atoms with Crippen LogP contribution in [0.15, 0.2) is 12.1 Å². The number of anilines is 2. The van der Waals surface area contributed by atoms with Crippen LogP contribution in [0.3, 0.4) is 0 Å². The van der Waals surface area contributed by atoms with E-state index in [1.54, 1.807) is 4.90 Å². The van der Waals surface area contributed by atoms with Crippen LogP contribution in [-0.4, -0.2) is 57.4 Å². The minimum atomic E-state index is -0.694. The lowest BCUT2D eigenvalue weighted by Crippen LogP contribution is -2.71. The molecule has 3 heterocycles. The smallest absolute Gasteiger partial charge is 0.414 e. The summed E-state index contributed by atoms with van der Waals surface area (Å²) in [6, 6.07) is 2.31. The summed E-state index contributed by atoms with van der Waals surface area (Å²) in [6.45, 7) is 4.63. The summed E-state index contributed by atoms with van der Waals surface area (Å²) in [4.78, 5) is 25.8. The van der Waals surface area contributed by atoms with Gasteiger partial charge in [0.15, 0.2) is 11.6 Å². The molecule has 9 heteroatoms. The highest BCUT2D eigenvalue weighted by Crippen LogP contribution is 2.40. The first-order valence-corrected chi connectivity index (χ1v) is 8.54. The normalized spacial score (nSPS) is 23.5. The van der Waals surface area contributed by atoms with Crippen molar-refractivity contribution in [1.29, 1.82) is 0 Å². The van der Waals surface area contributed by atoms with E-state index in [9.17, 15) is 18.4 Å². The van der Waals surface area contributed by atoms with Crippen molar-refractivity contribution >= 4 is 23.4 Å². The SMILES string of the molecule is CC(=O)NC[C@H]1CN(c2cc(F)c(N3CC4(CNC4)C3)c(F)c2)C(=O)O1. The summed E-state index contributed by atoms with van der Waals surface area (Å²) in [5.41, 5.74) is 0.209. The first kappa shape index (κ1) is 17.0. The molecule has 1 spiro atoms. The van der Waals surface area contributed by atoms with E-state index in [1.165, 1.54) is 11.8 Å². The van der Waals surface area contributed by atoms with E-state index in [4.69, 9.17) is 4.74 Å². The third-order valence-electron chi connectivity index (χ3n) is 5.13. The molecule has 1 aromatic rings. The number of ether oxygens (including phenoxy) is 1. The van der Waals surface area contributed by atoms with Crippen LogP contribution >= 0.6 is 0 Å². The Morgan fingerprint density at radius 2 is 2.00 bits per heavy atom. The minimum absolute atomic E-state index is 0.0476. The number of halogens is 2. The summed E-state index contributed by atoms with van der Waals surface area (Å²) < 4.78 is 34.2. The van der Waals surface area contributed by atoms with Crippen molar-refractivity contribution in [2.45, 2.75) is 13.0 Å². The molecule has 3 saturated heterocycles. The van der Waals surface area contributed by atoms with Crippen LogP contribution in [0.25, 0.3) is 0 Å². The Bertz CT molecular complexity index is 737. The van der Waals surface area contributed by atoms with Crippen LogP contribution in [0.1, 0.15) is 6.92 Å². The Hall–Kier alpha value is -2.42. The van der Waals surface area contributed by atoms with Crippen molar-refractivity contribution in [2.75, 3.05) is 49.1 Å². The minimum Gasteiger partial charge on any atom is -0.442 e. The molecule has 0 saturated carbocycles. The lowest BCUT2D eigenvalue weighted by molar-refractivity contribution is -0.119. The number of benzene rings is 1. The molecular weight excluding hydrogens is 346 g/mol. The molecule has 0 radical (unpaired) electrons. The standard InChI is InChI=1S/C17H20F2N4O3/c1-10(24)21-4-12-5-23(16(25)26-12)11-2-13(18)15(14(19)3-11)22-8-17(9-22)6-20-7-17/h2-3,12,20H,4-9H2,1H3,(H,21,24)/t12-/m0/s1. The summed E-state index contributed by atoms with van der Waals surface area (Å²) in [5, 5.41) is 5.74. The molecule has 3 aliphatic rings. The van der Waals surface area contributed by atoms with Crippen molar-refractivity contribution in [3.05, 3.63) is 23.8 Å². The second-order valence-electron chi connectivity index (χ2n) is 7.27. The van der Waals surface area contributed by atoms with Crippen molar-refractivity contribution in [3.8, 4) is 0 Å². The molecule has 3 fully saturated rings. The molecule has 0 aliphatic carbocycles. The molecule has 140 valence electrons. The van der Waals surface area contributed by atoms with E-state index in [1.807, 2.05) is 0 Å². The highest BCUT2D eigenvalue weighted by molar-refractivity contribution is 5.90. The lowest BCUT2D eigenvalue weighted by atomic mass is 9.74. The number of carbonyl (C=O) groups excluding carboxylic acids is 2. The van der Waals surface area contributed by atoms with Crippen LogP contribution in [0.5, 0.6) is 0 Å². The van der Waals surface area contributed by atoms with Gasteiger partial charge in [-0.25, -0.2) is 13.6 Å². The van der Waals surface area contributed by atoms with E-state index in [0.29, 0.717) is 13.1 Å². The molecule has 1 aromatic carbocycles. The molecule has 2 N–H and O–H groups in total. The highest BCUT2D eigenvalue weighted by Gasteiger charge is 2.48. The fraction of sp³-hybridized carbons (Fsp3) is 0.529. The molecule has 26 heavy (non-hydrogen) atoms. The first-order chi connectivity index (χ1) is 12.4. The van der Waals surface area contributed by atoms with Gasteiger partial charge in [0.2, 0.25) is 5.91 Å². The lowest BCUT2D eigenvalue weighted by Gasteiger charge is -2.57. The van der Waals surface area contributed by atoms with Gasteiger partial charge >= 0.3 is 6.09 Å². The van der Waals surface area contributed by atoms with Crippen molar-refractivity contribution in [3.63, 3.8) is 0 Å². The highest BCUT2D eigenvalue weighted by atomic mass is 19.1. The van der Waals surface area contributed by atoms with Crippen molar-refractivity contribution in [2.24, 2.45) is 5.41 Å². The zero-order chi connectivity index (χ0) is 18.5. The average Bonchev–Trinajstić information content (AvgIpc) is 2.85. The summed E-state index contributed by atoms with van der Waals surface area (Å²) in [5.74, 6) is -1.63. The Morgan fingerprint density at radius 1 is 1.35 bits per heavy atom. The van der Waals surface area contributed by atoms with Crippen LogP contribution in [-0.2, 0) is 9.53 Å². The molecule has 4 rings (SSSR count). The number of nitrogens with zero attached hydrogens (tertiary/aromatic N) is 2. The summed E-state index contributed by atoms with van der Waals surface area (Å²) in [7, 11) is 0. The van der Waals surface area contributed by atoms with Gasteiger partial charge in [-0.05, 0) is 0 Å². The van der Waals surface area contributed by atoms with Gasteiger partial charge in [0, 0.05) is 50.7 Å². The molecule has 0 bridgehead atoms. The maximum absolute atomic E-state index is 14.6. The Morgan fingerprint density at radius 3 is 2.54 bits per heavy atom. The number of amides is 2. The molecule has 1 atom stereocenters. The number of nitrogens with one attached hydrogen (secondary N) is 2. The summed E-state index contributed by atoms with van der Waals surface area (Å²) in [6.07, 6.45) is -1.24. The van der Waals surface area contributed by atoms with E-state index in [-0.39, 0.29) is 35.8 Å². The number of hydrogen-bond acceptors (Lipinski definition) is 5. The van der Waals surface area contributed by atoms with Gasteiger partial charge in [-0.3, -0.25) is 9.69 Å². The van der Waals surface area contributed by atoms with Gasteiger partial charge in [0.05, 0.1) is 18.8 Å². The molecule has 0 aromatic heterocycles. The molecule has 7 nitrogen and oxygen atoms in total. The number of cyclic esters (lactones) is 1. The average molecular weight is 366 g/mol. The zero-order valence-electron chi connectivity index (χ0n) is 14.3. The van der Waals surface area contributed by atoms with Crippen LogP contribution in [0.2, 0.25) is 0 Å². The largest absolute Gasteiger partial charge is 0.442 e. The fourth-order valence-corrected chi connectivity index (χ4v) is 3.73. The van der Waals surface area contributed by atoms with Crippen molar-refractivity contribution < 1.29 is 23.1 Å². The van der Waals surface area contributed by atoms with Gasteiger partial charge in [-0.1, -0.05) is 0 Å². The molecular formula is C17H20F2N4O3. The van der Waals surface area contributed by atoms with Crippen LogP contribution < -0.4 is 20.4 Å². The molecule has 2 amide bonds. The van der Waals surface area contributed by atoms with Gasteiger partial charge in [0.1, 0.15) is 11.8 Å². The molecule has 0 unspecified atom stereocenters. The number of carbonyl (C=O) groups is 2.